The molecule has 0 saturated carbocycles. The van der Waals surface area contributed by atoms with Gasteiger partial charge in [-0.05, 0) is 23.6 Å². The Morgan fingerprint density at radius 2 is 1.94 bits per heavy atom. The Kier molecular flexibility index (Phi) is 4.55. The number of amides is 1. The lowest BCUT2D eigenvalue weighted by Gasteiger charge is -2.27. The van der Waals surface area contributed by atoms with Crippen molar-refractivity contribution in [3.63, 3.8) is 0 Å². The first-order chi connectivity index (χ1) is 8.09. The average molecular weight is 234 g/mol. The predicted molar refractivity (Wildman–Crippen MR) is 73.8 cm³/mol. The van der Waals surface area contributed by atoms with E-state index in [1.165, 1.54) is 5.56 Å². The maximum absolute atomic E-state index is 11.4. The molecule has 1 aliphatic rings. The number of benzene rings is 1. The van der Waals surface area contributed by atoms with Gasteiger partial charge in [-0.15, -0.1) is 0 Å². The van der Waals surface area contributed by atoms with Crippen LogP contribution in [0.15, 0.2) is 18.2 Å². The Hall–Kier alpha value is -1.51. The minimum atomic E-state index is 0.111. The number of carbonyl (C=O) groups excluding carboxylic acids is 1. The summed E-state index contributed by atoms with van der Waals surface area (Å²) < 4.78 is 0. The van der Waals surface area contributed by atoms with Gasteiger partial charge in [0.05, 0.1) is 17.9 Å². The number of carbonyl (C=O) groups is 1. The standard InChI is InChI=1S/C12H16N2O.C2H6/c1-8(2)9-4-5-11-10(6-9)13-7-12(15)14(11)3;1-2/h4-6,8,13H,7H2,1-3H3;1-2H3. The van der Waals surface area contributed by atoms with Crippen molar-refractivity contribution in [1.29, 1.82) is 0 Å². The molecule has 0 spiro atoms. The third-order valence-corrected chi connectivity index (χ3v) is 2.85. The van der Waals surface area contributed by atoms with Gasteiger partial charge in [-0.1, -0.05) is 33.8 Å². The molecule has 1 N–H and O–H groups in total. The number of nitrogens with one attached hydrogen (secondary N) is 1. The zero-order chi connectivity index (χ0) is 13.0. The predicted octanol–water partition coefficient (Wildman–Crippen LogP) is 3.22. The summed E-state index contributed by atoms with van der Waals surface area (Å²) in [5.41, 5.74) is 3.32. The molecule has 0 aliphatic carbocycles. The van der Waals surface area contributed by atoms with Gasteiger partial charge in [0, 0.05) is 7.05 Å². The van der Waals surface area contributed by atoms with Crippen LogP contribution < -0.4 is 10.2 Å². The topological polar surface area (TPSA) is 32.3 Å². The van der Waals surface area contributed by atoms with Crippen LogP contribution in [0.4, 0.5) is 11.4 Å². The van der Waals surface area contributed by atoms with E-state index in [1.807, 2.05) is 27.0 Å². The number of likely N-dealkylation sites (N-methyl/N-ethyl adjacent to an activating group) is 1. The smallest absolute Gasteiger partial charge is 0.246 e. The van der Waals surface area contributed by atoms with Crippen LogP contribution in [0.5, 0.6) is 0 Å². The highest BCUT2D eigenvalue weighted by Gasteiger charge is 2.20. The number of fused-ring (bicyclic) bond motifs is 1. The number of rotatable bonds is 1. The second-order valence-electron chi connectivity index (χ2n) is 4.24. The van der Waals surface area contributed by atoms with Gasteiger partial charge in [0.15, 0.2) is 0 Å². The average Bonchev–Trinajstić information content (AvgIpc) is 2.36. The molecule has 17 heavy (non-hydrogen) atoms. The van der Waals surface area contributed by atoms with E-state index < -0.39 is 0 Å². The third-order valence-electron chi connectivity index (χ3n) is 2.85. The lowest BCUT2D eigenvalue weighted by molar-refractivity contribution is -0.116. The van der Waals surface area contributed by atoms with Crippen molar-refractivity contribution in [2.45, 2.75) is 33.6 Å². The molecule has 1 heterocycles. The van der Waals surface area contributed by atoms with Crippen molar-refractivity contribution >= 4 is 17.3 Å². The minimum absolute atomic E-state index is 0.111. The largest absolute Gasteiger partial charge is 0.374 e. The van der Waals surface area contributed by atoms with Crippen LogP contribution in [0.1, 0.15) is 39.2 Å². The molecular formula is C14H22N2O. The summed E-state index contributed by atoms with van der Waals surface area (Å²) in [5, 5.41) is 3.15. The van der Waals surface area contributed by atoms with Gasteiger partial charge < -0.3 is 10.2 Å². The summed E-state index contributed by atoms with van der Waals surface area (Å²) in [6, 6.07) is 6.22. The van der Waals surface area contributed by atoms with Crippen molar-refractivity contribution < 1.29 is 4.79 Å². The quantitative estimate of drug-likeness (QED) is 0.809. The van der Waals surface area contributed by atoms with Gasteiger partial charge >= 0.3 is 0 Å². The van der Waals surface area contributed by atoms with Crippen LogP contribution in [0.2, 0.25) is 0 Å². The number of nitrogens with zero attached hydrogens (tertiary/aromatic N) is 1. The molecule has 0 bridgehead atoms. The highest BCUT2D eigenvalue weighted by molar-refractivity contribution is 6.02. The van der Waals surface area contributed by atoms with E-state index in [0.717, 1.165) is 11.4 Å². The van der Waals surface area contributed by atoms with E-state index in [-0.39, 0.29) is 5.91 Å². The minimum Gasteiger partial charge on any atom is -0.374 e. The van der Waals surface area contributed by atoms with Gasteiger partial charge in [0.2, 0.25) is 5.91 Å². The lowest BCUT2D eigenvalue weighted by atomic mass is 10.0. The lowest BCUT2D eigenvalue weighted by Crippen LogP contribution is -2.36. The summed E-state index contributed by atoms with van der Waals surface area (Å²) in [7, 11) is 1.82. The summed E-state index contributed by atoms with van der Waals surface area (Å²) in [6.45, 7) is 8.73. The van der Waals surface area contributed by atoms with Crippen LogP contribution in [-0.2, 0) is 4.79 Å². The van der Waals surface area contributed by atoms with Crippen LogP contribution in [0, 0.1) is 0 Å². The van der Waals surface area contributed by atoms with Crippen molar-refractivity contribution in [3.05, 3.63) is 23.8 Å². The summed E-state index contributed by atoms with van der Waals surface area (Å²) in [6.07, 6.45) is 0. The highest BCUT2D eigenvalue weighted by atomic mass is 16.2. The molecule has 1 aromatic carbocycles. The first kappa shape index (κ1) is 13.6. The zero-order valence-electron chi connectivity index (χ0n) is 11.4. The Labute approximate surface area is 104 Å². The Bertz CT molecular complexity index is 399. The SMILES string of the molecule is CC.CC(C)c1ccc2c(c1)NCC(=O)N2C. The van der Waals surface area contributed by atoms with E-state index in [4.69, 9.17) is 0 Å². The van der Waals surface area contributed by atoms with Crippen LogP contribution >= 0.6 is 0 Å². The molecule has 2 rings (SSSR count). The van der Waals surface area contributed by atoms with E-state index in [1.54, 1.807) is 4.90 Å². The van der Waals surface area contributed by atoms with Crippen molar-refractivity contribution in [2.75, 3.05) is 23.8 Å². The van der Waals surface area contributed by atoms with Crippen LogP contribution in [0.3, 0.4) is 0 Å². The first-order valence-electron chi connectivity index (χ1n) is 6.24. The summed E-state index contributed by atoms with van der Waals surface area (Å²) in [5.74, 6) is 0.625. The molecule has 0 atom stereocenters. The maximum Gasteiger partial charge on any atom is 0.246 e. The molecule has 0 unspecified atom stereocenters. The fourth-order valence-electron chi connectivity index (χ4n) is 1.77. The fourth-order valence-corrected chi connectivity index (χ4v) is 1.77. The Balaban J connectivity index is 0.000000686. The van der Waals surface area contributed by atoms with Gasteiger partial charge in [-0.3, -0.25) is 4.79 Å². The molecule has 1 aliphatic heterocycles. The molecule has 3 nitrogen and oxygen atoms in total. The number of hydrogen-bond donors (Lipinski definition) is 1. The molecule has 0 saturated heterocycles. The normalized spacial score (nSPS) is 13.8. The van der Waals surface area contributed by atoms with Gasteiger partial charge in [-0.25, -0.2) is 0 Å². The summed E-state index contributed by atoms with van der Waals surface area (Å²) >= 11 is 0. The molecule has 1 aromatic rings. The summed E-state index contributed by atoms with van der Waals surface area (Å²) in [4.78, 5) is 13.1. The van der Waals surface area contributed by atoms with E-state index >= 15 is 0 Å². The van der Waals surface area contributed by atoms with Gasteiger partial charge in [0.25, 0.3) is 0 Å². The molecule has 1 amide bonds. The first-order valence-corrected chi connectivity index (χ1v) is 6.24. The molecule has 0 aromatic heterocycles. The second kappa shape index (κ2) is 5.71. The Morgan fingerprint density at radius 3 is 2.53 bits per heavy atom. The number of hydrogen-bond acceptors (Lipinski definition) is 2. The highest BCUT2D eigenvalue weighted by Crippen LogP contribution is 2.31. The maximum atomic E-state index is 11.4. The monoisotopic (exact) mass is 234 g/mol. The molecule has 0 radical (unpaired) electrons. The van der Waals surface area contributed by atoms with E-state index in [0.29, 0.717) is 12.5 Å². The second-order valence-corrected chi connectivity index (χ2v) is 4.24. The van der Waals surface area contributed by atoms with Crippen molar-refractivity contribution in [2.24, 2.45) is 0 Å². The third kappa shape index (κ3) is 2.78. The Morgan fingerprint density at radius 1 is 1.29 bits per heavy atom. The molecule has 0 fully saturated rings. The molecular weight excluding hydrogens is 212 g/mol. The van der Waals surface area contributed by atoms with Gasteiger partial charge in [0.1, 0.15) is 0 Å². The number of anilines is 2. The van der Waals surface area contributed by atoms with E-state index in [2.05, 4.69) is 31.3 Å². The zero-order valence-corrected chi connectivity index (χ0v) is 11.4. The molecule has 3 heteroatoms. The van der Waals surface area contributed by atoms with Crippen LogP contribution in [0.25, 0.3) is 0 Å². The fraction of sp³-hybridized carbons (Fsp3) is 0.500. The van der Waals surface area contributed by atoms with Crippen molar-refractivity contribution in [3.8, 4) is 0 Å². The van der Waals surface area contributed by atoms with Crippen LogP contribution in [-0.4, -0.2) is 19.5 Å². The van der Waals surface area contributed by atoms with Crippen molar-refractivity contribution in [1.82, 2.24) is 0 Å². The molecule has 94 valence electrons. The van der Waals surface area contributed by atoms with E-state index in [9.17, 15) is 4.79 Å². The van der Waals surface area contributed by atoms with Gasteiger partial charge in [-0.2, -0.15) is 0 Å².